The summed E-state index contributed by atoms with van der Waals surface area (Å²) < 4.78 is 18.2. The fourth-order valence-corrected chi connectivity index (χ4v) is 8.58. The largest absolute Gasteiger partial charge is 0.494 e. The van der Waals surface area contributed by atoms with Crippen LogP contribution >= 0.6 is 0 Å². The lowest BCUT2D eigenvalue weighted by Crippen LogP contribution is -2.57. The molecule has 1 aromatic carbocycles. The Morgan fingerprint density at radius 2 is 1.71 bits per heavy atom. The summed E-state index contributed by atoms with van der Waals surface area (Å²) in [4.78, 5) is 52.0. The third-order valence-corrected chi connectivity index (χ3v) is 11.0. The lowest BCUT2D eigenvalue weighted by Gasteiger charge is -2.37. The second-order valence-corrected chi connectivity index (χ2v) is 13.7. The molecule has 4 aliphatic rings. The number of hydrogen-bond donors (Lipinski definition) is 1. The number of amides is 3. The van der Waals surface area contributed by atoms with Crippen molar-refractivity contribution < 1.29 is 33.7 Å². The minimum Gasteiger partial charge on any atom is -0.494 e. The maximum atomic E-state index is 14.9. The van der Waals surface area contributed by atoms with Gasteiger partial charge in [0.05, 0.1) is 37.3 Å². The van der Waals surface area contributed by atoms with E-state index in [4.69, 9.17) is 14.2 Å². The summed E-state index contributed by atoms with van der Waals surface area (Å²) in [6.45, 7) is 17.6. The molecule has 49 heavy (non-hydrogen) atoms. The monoisotopic (exact) mass is 680 g/mol. The molecule has 1 aromatic rings. The van der Waals surface area contributed by atoms with E-state index in [0.29, 0.717) is 89.5 Å². The third-order valence-electron chi connectivity index (χ3n) is 11.0. The normalized spacial score (nSPS) is 27.6. The Morgan fingerprint density at radius 1 is 1.00 bits per heavy atom. The van der Waals surface area contributed by atoms with Crippen LogP contribution in [0, 0.1) is 11.8 Å². The molecule has 0 radical (unpaired) electrons. The number of carbonyl (C=O) groups excluding carboxylic acids is 3. The second-order valence-electron chi connectivity index (χ2n) is 13.7. The van der Waals surface area contributed by atoms with E-state index >= 15 is 0 Å². The molecule has 5 atom stereocenters. The molecule has 4 saturated heterocycles. The standard InChI is InChI=1S/C38H56N4O7/c1-5-19-40(23-22-39-24-27-47-28-25-39)36(46)33-38-18-17-37(7-3,49-38)31(32(38)35(45)42(33)21-11-9-10-12-26-43)34(44)41(20-6-2)29-13-15-30(16-14-29)48-8-4/h5-6,13-16,31-33,43H,1-2,7-12,17-28H2,3-4H3/t31-,32+,33?,37+,38?/m1/s1. The quantitative estimate of drug-likeness (QED) is 0.174. The highest BCUT2D eigenvalue weighted by Crippen LogP contribution is 2.64. The zero-order valence-electron chi connectivity index (χ0n) is 29.5. The molecule has 3 amide bonds. The highest BCUT2D eigenvalue weighted by Gasteiger charge is 2.79. The van der Waals surface area contributed by atoms with Crippen molar-refractivity contribution in [2.24, 2.45) is 11.8 Å². The zero-order valence-corrected chi connectivity index (χ0v) is 29.5. The number of morpholine rings is 1. The molecule has 11 nitrogen and oxygen atoms in total. The average Bonchev–Trinajstić information content (AvgIpc) is 3.72. The Labute approximate surface area is 291 Å². The molecule has 1 spiro atoms. The topological polar surface area (TPSA) is 112 Å². The smallest absolute Gasteiger partial charge is 0.248 e. The number of nitrogens with zero attached hydrogens (tertiary/aromatic N) is 4. The molecule has 2 unspecified atom stereocenters. The van der Waals surface area contributed by atoms with Crippen LogP contribution in [0.1, 0.15) is 58.8 Å². The van der Waals surface area contributed by atoms with Gasteiger partial charge in [-0.3, -0.25) is 19.3 Å². The minimum absolute atomic E-state index is 0.126. The van der Waals surface area contributed by atoms with Crippen LogP contribution in [-0.4, -0.2) is 127 Å². The van der Waals surface area contributed by atoms with Gasteiger partial charge in [0.15, 0.2) is 0 Å². The van der Waals surface area contributed by atoms with Crippen molar-refractivity contribution >= 4 is 23.4 Å². The van der Waals surface area contributed by atoms with Crippen LogP contribution in [0.15, 0.2) is 49.6 Å². The SMILES string of the molecule is C=CCN(CCN1CCOCC1)C(=O)C1N(CCCCCCO)C(=O)[C@@H]2[C@H](C(=O)N(CC=C)c3ccc(OCC)cc3)[C@]3(CC)CCC12O3. The van der Waals surface area contributed by atoms with E-state index in [0.717, 1.165) is 25.9 Å². The predicted octanol–water partition coefficient (Wildman–Crippen LogP) is 3.66. The average molecular weight is 681 g/mol. The van der Waals surface area contributed by atoms with Crippen molar-refractivity contribution in [2.45, 2.75) is 76.0 Å². The van der Waals surface area contributed by atoms with Crippen LogP contribution in [0.4, 0.5) is 5.69 Å². The molecule has 0 aliphatic carbocycles. The summed E-state index contributed by atoms with van der Waals surface area (Å²) in [7, 11) is 0. The molecule has 5 rings (SSSR count). The molecule has 2 bridgehead atoms. The number of aliphatic hydroxyl groups excluding tert-OH is 1. The number of anilines is 1. The Bertz CT molecular complexity index is 1320. The van der Waals surface area contributed by atoms with Gasteiger partial charge < -0.3 is 34.0 Å². The van der Waals surface area contributed by atoms with Gasteiger partial charge in [-0.2, -0.15) is 0 Å². The zero-order chi connectivity index (χ0) is 35.0. The van der Waals surface area contributed by atoms with Crippen molar-refractivity contribution in [1.29, 1.82) is 0 Å². The van der Waals surface area contributed by atoms with Crippen molar-refractivity contribution in [3.63, 3.8) is 0 Å². The van der Waals surface area contributed by atoms with Crippen molar-refractivity contribution in [3.05, 3.63) is 49.6 Å². The van der Waals surface area contributed by atoms with Crippen LogP contribution in [0.25, 0.3) is 0 Å². The molecule has 4 fully saturated rings. The summed E-state index contributed by atoms with van der Waals surface area (Å²) in [6.07, 6.45) is 8.16. The molecular formula is C38H56N4O7. The number of ether oxygens (including phenoxy) is 3. The first-order chi connectivity index (χ1) is 23.8. The van der Waals surface area contributed by atoms with Gasteiger partial charge in [-0.25, -0.2) is 0 Å². The van der Waals surface area contributed by atoms with Crippen LogP contribution in [0.2, 0.25) is 0 Å². The molecule has 4 aliphatic heterocycles. The first-order valence-corrected chi connectivity index (χ1v) is 18.3. The number of aliphatic hydroxyl groups is 1. The van der Waals surface area contributed by atoms with E-state index in [-0.39, 0.29) is 30.9 Å². The first-order valence-electron chi connectivity index (χ1n) is 18.3. The van der Waals surface area contributed by atoms with Gasteiger partial charge in [-0.05, 0) is 63.3 Å². The molecule has 1 N–H and O–H groups in total. The fourth-order valence-electron chi connectivity index (χ4n) is 8.58. The highest BCUT2D eigenvalue weighted by atomic mass is 16.5. The van der Waals surface area contributed by atoms with E-state index in [1.165, 1.54) is 0 Å². The maximum absolute atomic E-state index is 14.9. The van der Waals surface area contributed by atoms with Gasteiger partial charge in [-0.1, -0.05) is 31.9 Å². The molecule has 270 valence electrons. The number of fused-ring (bicyclic) bond motifs is 1. The van der Waals surface area contributed by atoms with Crippen LogP contribution in [0.5, 0.6) is 5.75 Å². The van der Waals surface area contributed by atoms with Gasteiger partial charge in [0.2, 0.25) is 17.7 Å². The minimum atomic E-state index is -1.10. The van der Waals surface area contributed by atoms with Crippen LogP contribution < -0.4 is 9.64 Å². The van der Waals surface area contributed by atoms with E-state index in [9.17, 15) is 19.5 Å². The van der Waals surface area contributed by atoms with E-state index in [1.54, 1.807) is 22.0 Å². The lowest BCUT2D eigenvalue weighted by molar-refractivity contribution is -0.152. The molecular weight excluding hydrogens is 624 g/mol. The summed E-state index contributed by atoms with van der Waals surface area (Å²) in [5.74, 6) is -1.32. The summed E-state index contributed by atoms with van der Waals surface area (Å²) in [5.41, 5.74) is -1.27. The Morgan fingerprint density at radius 3 is 2.37 bits per heavy atom. The Kier molecular flexibility index (Phi) is 12.6. The molecule has 0 saturated carbocycles. The van der Waals surface area contributed by atoms with Crippen LogP contribution in [0.3, 0.4) is 0 Å². The van der Waals surface area contributed by atoms with E-state index in [2.05, 4.69) is 18.1 Å². The van der Waals surface area contributed by atoms with Gasteiger partial charge in [0.1, 0.15) is 17.4 Å². The van der Waals surface area contributed by atoms with Crippen molar-refractivity contribution in [3.8, 4) is 5.75 Å². The van der Waals surface area contributed by atoms with Crippen molar-refractivity contribution in [1.82, 2.24) is 14.7 Å². The number of carbonyl (C=O) groups is 3. The summed E-state index contributed by atoms with van der Waals surface area (Å²) >= 11 is 0. The van der Waals surface area contributed by atoms with Crippen molar-refractivity contribution in [2.75, 3.05) is 77.1 Å². The van der Waals surface area contributed by atoms with Crippen LogP contribution in [-0.2, 0) is 23.9 Å². The second kappa shape index (κ2) is 16.6. The molecule has 4 heterocycles. The predicted molar refractivity (Wildman–Crippen MR) is 188 cm³/mol. The van der Waals surface area contributed by atoms with Gasteiger partial charge in [0, 0.05) is 58.1 Å². The van der Waals surface area contributed by atoms with E-state index in [1.807, 2.05) is 43.0 Å². The number of rotatable bonds is 19. The van der Waals surface area contributed by atoms with E-state index < -0.39 is 29.1 Å². The maximum Gasteiger partial charge on any atom is 0.248 e. The lowest BCUT2D eigenvalue weighted by atomic mass is 9.64. The number of likely N-dealkylation sites (tertiary alicyclic amines) is 1. The molecule has 0 aromatic heterocycles. The molecule has 11 heteroatoms. The first kappa shape index (κ1) is 37.0. The fraction of sp³-hybridized carbons (Fsp3) is 0.658. The number of unbranched alkanes of at least 4 members (excludes halogenated alkanes) is 3. The Balaban J connectivity index is 1.49. The number of benzene rings is 1. The highest BCUT2D eigenvalue weighted by molar-refractivity contribution is 6.03. The third kappa shape index (κ3) is 7.31. The van der Waals surface area contributed by atoms with Gasteiger partial charge >= 0.3 is 0 Å². The number of hydrogen-bond acceptors (Lipinski definition) is 8. The summed E-state index contributed by atoms with van der Waals surface area (Å²) in [5, 5.41) is 9.30. The van der Waals surface area contributed by atoms with Gasteiger partial charge in [-0.15, -0.1) is 13.2 Å². The Hall–Kier alpha value is -3.25. The van der Waals surface area contributed by atoms with Gasteiger partial charge in [0.25, 0.3) is 0 Å². The summed E-state index contributed by atoms with van der Waals surface area (Å²) in [6, 6.07) is 6.57.